The monoisotopic (exact) mass is 333 g/mol. The summed E-state index contributed by atoms with van der Waals surface area (Å²) in [5.41, 5.74) is 1.03. The summed E-state index contributed by atoms with van der Waals surface area (Å²) in [6, 6.07) is 11.0. The first-order valence-electron chi connectivity index (χ1n) is 7.10. The van der Waals surface area contributed by atoms with Crippen molar-refractivity contribution in [3.63, 3.8) is 0 Å². The Bertz CT molecular complexity index is 606. The molecule has 1 atom stereocenters. The van der Waals surface area contributed by atoms with Gasteiger partial charge in [0.15, 0.2) is 0 Å². The van der Waals surface area contributed by atoms with Crippen molar-refractivity contribution in [3.8, 4) is 0 Å². The molecule has 20 heavy (non-hydrogen) atoms. The van der Waals surface area contributed by atoms with Crippen LogP contribution >= 0.6 is 15.9 Å². The molecule has 0 spiro atoms. The molecule has 106 valence electrons. The number of pyridine rings is 1. The number of anilines is 1. The van der Waals surface area contributed by atoms with Gasteiger partial charge in [0.05, 0.1) is 5.52 Å². The topological polar surface area (TPSA) is 28.2 Å². The van der Waals surface area contributed by atoms with Gasteiger partial charge in [0.2, 0.25) is 0 Å². The Balaban J connectivity index is 1.72. The third-order valence-electron chi connectivity index (χ3n) is 3.97. The molecule has 0 radical (unpaired) electrons. The van der Waals surface area contributed by atoms with Crippen LogP contribution < -0.4 is 5.32 Å². The summed E-state index contributed by atoms with van der Waals surface area (Å²) in [6.45, 7) is 0.965. The molecule has 4 heteroatoms. The second-order valence-electron chi connectivity index (χ2n) is 5.78. The summed E-state index contributed by atoms with van der Waals surface area (Å²) >= 11 is 3.49. The van der Waals surface area contributed by atoms with Crippen LogP contribution in [-0.2, 0) is 0 Å². The lowest BCUT2D eigenvalue weighted by Gasteiger charge is -2.24. The molecule has 1 unspecified atom stereocenters. The molecule has 1 aliphatic carbocycles. The zero-order chi connectivity index (χ0) is 14.1. The van der Waals surface area contributed by atoms with Crippen LogP contribution in [0.2, 0.25) is 0 Å². The maximum Gasteiger partial charge on any atom is 0.126 e. The van der Waals surface area contributed by atoms with Gasteiger partial charge < -0.3 is 10.2 Å². The van der Waals surface area contributed by atoms with E-state index in [4.69, 9.17) is 0 Å². The van der Waals surface area contributed by atoms with Crippen molar-refractivity contribution in [2.75, 3.05) is 26.0 Å². The first-order valence-corrected chi connectivity index (χ1v) is 7.89. The van der Waals surface area contributed by atoms with Crippen molar-refractivity contribution in [2.45, 2.75) is 18.9 Å². The summed E-state index contributed by atoms with van der Waals surface area (Å²) in [4.78, 5) is 7.00. The van der Waals surface area contributed by atoms with Gasteiger partial charge in [-0.05, 0) is 63.2 Å². The minimum absolute atomic E-state index is 0.609. The summed E-state index contributed by atoms with van der Waals surface area (Å²) in [6.07, 6.45) is 2.73. The van der Waals surface area contributed by atoms with Crippen LogP contribution in [-0.4, -0.2) is 36.6 Å². The molecular formula is C16H20BrN3. The largest absolute Gasteiger partial charge is 0.368 e. The van der Waals surface area contributed by atoms with Crippen LogP contribution in [0.4, 0.5) is 5.82 Å². The standard InChI is InChI=1S/C16H20BrN3/c1-20(2)15(11-3-4-11)10-18-16-8-5-12-9-13(17)6-7-14(12)19-16/h5-9,11,15H,3-4,10H2,1-2H3,(H,18,19). The van der Waals surface area contributed by atoms with Crippen LogP contribution in [0, 0.1) is 5.92 Å². The van der Waals surface area contributed by atoms with Gasteiger partial charge in [0.25, 0.3) is 0 Å². The number of hydrogen-bond donors (Lipinski definition) is 1. The average Bonchev–Trinajstić information content (AvgIpc) is 3.23. The van der Waals surface area contributed by atoms with Crippen LogP contribution in [0.15, 0.2) is 34.8 Å². The van der Waals surface area contributed by atoms with Gasteiger partial charge in [-0.1, -0.05) is 15.9 Å². The summed E-state index contributed by atoms with van der Waals surface area (Å²) in [5, 5.41) is 4.65. The SMILES string of the molecule is CN(C)C(CNc1ccc2cc(Br)ccc2n1)C1CC1. The second-order valence-corrected chi connectivity index (χ2v) is 6.70. The van der Waals surface area contributed by atoms with Gasteiger partial charge >= 0.3 is 0 Å². The molecule has 1 fully saturated rings. The van der Waals surface area contributed by atoms with Crippen molar-refractivity contribution in [1.82, 2.24) is 9.88 Å². The lowest BCUT2D eigenvalue weighted by Crippen LogP contribution is -2.36. The number of nitrogens with one attached hydrogen (secondary N) is 1. The summed E-state index contributed by atoms with van der Waals surface area (Å²) in [5.74, 6) is 1.82. The zero-order valence-electron chi connectivity index (χ0n) is 11.9. The number of halogens is 1. The lowest BCUT2D eigenvalue weighted by atomic mass is 10.1. The highest BCUT2D eigenvalue weighted by atomic mass is 79.9. The molecule has 1 heterocycles. The Hall–Kier alpha value is -1.13. The van der Waals surface area contributed by atoms with E-state index in [1.54, 1.807) is 0 Å². The Morgan fingerprint density at radius 1 is 1.30 bits per heavy atom. The van der Waals surface area contributed by atoms with Crippen molar-refractivity contribution >= 4 is 32.7 Å². The number of hydrogen-bond acceptors (Lipinski definition) is 3. The van der Waals surface area contributed by atoms with E-state index in [-0.39, 0.29) is 0 Å². The molecular weight excluding hydrogens is 314 g/mol. The van der Waals surface area contributed by atoms with Gasteiger partial charge in [-0.25, -0.2) is 4.98 Å². The van der Waals surface area contributed by atoms with Crippen LogP contribution in [0.25, 0.3) is 10.9 Å². The molecule has 1 aliphatic rings. The molecule has 2 aromatic rings. The number of likely N-dealkylation sites (N-methyl/N-ethyl adjacent to an activating group) is 1. The molecule has 3 nitrogen and oxygen atoms in total. The van der Waals surface area contributed by atoms with Crippen LogP contribution in [0.3, 0.4) is 0 Å². The van der Waals surface area contributed by atoms with Gasteiger partial charge in [-0.3, -0.25) is 0 Å². The van der Waals surface area contributed by atoms with E-state index in [9.17, 15) is 0 Å². The molecule has 0 amide bonds. The fraction of sp³-hybridized carbons (Fsp3) is 0.438. The first-order chi connectivity index (χ1) is 9.63. The fourth-order valence-electron chi connectivity index (χ4n) is 2.66. The van der Waals surface area contributed by atoms with Crippen molar-refractivity contribution in [3.05, 3.63) is 34.8 Å². The van der Waals surface area contributed by atoms with E-state index in [2.05, 4.69) is 69.5 Å². The predicted octanol–water partition coefficient (Wildman–Crippen LogP) is 3.75. The Morgan fingerprint density at radius 2 is 2.10 bits per heavy atom. The molecule has 1 N–H and O–H groups in total. The third kappa shape index (κ3) is 3.13. The van der Waals surface area contributed by atoms with E-state index in [0.717, 1.165) is 33.7 Å². The fourth-order valence-corrected chi connectivity index (χ4v) is 3.03. The quantitative estimate of drug-likeness (QED) is 0.903. The maximum absolute atomic E-state index is 4.68. The minimum Gasteiger partial charge on any atom is -0.368 e. The van der Waals surface area contributed by atoms with E-state index in [1.165, 1.54) is 12.8 Å². The molecule has 0 saturated heterocycles. The first kappa shape index (κ1) is 13.8. The second kappa shape index (κ2) is 5.70. The normalized spacial score (nSPS) is 16.6. The number of benzene rings is 1. The predicted molar refractivity (Wildman–Crippen MR) is 88.1 cm³/mol. The molecule has 3 rings (SSSR count). The highest BCUT2D eigenvalue weighted by Crippen LogP contribution is 2.34. The molecule has 0 bridgehead atoms. The van der Waals surface area contributed by atoms with Gasteiger partial charge in [-0.2, -0.15) is 0 Å². The molecule has 1 saturated carbocycles. The van der Waals surface area contributed by atoms with E-state index in [1.807, 2.05) is 6.07 Å². The van der Waals surface area contributed by atoms with Gasteiger partial charge in [-0.15, -0.1) is 0 Å². The number of nitrogens with zero attached hydrogens (tertiary/aromatic N) is 2. The average molecular weight is 334 g/mol. The van der Waals surface area contributed by atoms with E-state index < -0.39 is 0 Å². The Kier molecular flexibility index (Phi) is 3.94. The number of rotatable bonds is 5. The maximum atomic E-state index is 4.68. The van der Waals surface area contributed by atoms with Crippen molar-refractivity contribution in [1.29, 1.82) is 0 Å². The smallest absolute Gasteiger partial charge is 0.126 e. The highest BCUT2D eigenvalue weighted by molar-refractivity contribution is 9.10. The van der Waals surface area contributed by atoms with Gasteiger partial charge in [0.1, 0.15) is 5.82 Å². The highest BCUT2D eigenvalue weighted by Gasteiger charge is 2.32. The van der Waals surface area contributed by atoms with Crippen LogP contribution in [0.5, 0.6) is 0 Å². The van der Waals surface area contributed by atoms with E-state index in [0.29, 0.717) is 6.04 Å². The number of fused-ring (bicyclic) bond motifs is 1. The van der Waals surface area contributed by atoms with Crippen LogP contribution in [0.1, 0.15) is 12.8 Å². The van der Waals surface area contributed by atoms with Gasteiger partial charge in [0, 0.05) is 22.4 Å². The Morgan fingerprint density at radius 3 is 2.80 bits per heavy atom. The van der Waals surface area contributed by atoms with Crippen molar-refractivity contribution < 1.29 is 0 Å². The zero-order valence-corrected chi connectivity index (χ0v) is 13.5. The molecule has 1 aromatic carbocycles. The molecule has 0 aliphatic heterocycles. The van der Waals surface area contributed by atoms with E-state index >= 15 is 0 Å². The molecule has 1 aromatic heterocycles. The Labute approximate surface area is 128 Å². The minimum atomic E-state index is 0.609. The van der Waals surface area contributed by atoms with Crippen molar-refractivity contribution in [2.24, 2.45) is 5.92 Å². The summed E-state index contributed by atoms with van der Waals surface area (Å²) in [7, 11) is 4.33. The lowest BCUT2D eigenvalue weighted by molar-refractivity contribution is 0.276. The third-order valence-corrected chi connectivity index (χ3v) is 4.47. The number of aromatic nitrogens is 1. The summed E-state index contributed by atoms with van der Waals surface area (Å²) < 4.78 is 1.09.